The van der Waals surface area contributed by atoms with Crippen LogP contribution in [0.15, 0.2) is 65.3 Å². The predicted octanol–water partition coefficient (Wildman–Crippen LogP) is 4.84. The second kappa shape index (κ2) is 6.45. The van der Waals surface area contributed by atoms with E-state index in [2.05, 4.69) is 51.3 Å². The fourth-order valence-electron chi connectivity index (χ4n) is 4.03. The smallest absolute Gasteiger partial charge is 0.196 e. The summed E-state index contributed by atoms with van der Waals surface area (Å²) >= 11 is 0. The first-order valence-electron chi connectivity index (χ1n) is 9.29. The summed E-state index contributed by atoms with van der Waals surface area (Å²) in [6.07, 6.45) is 5.19. The first kappa shape index (κ1) is 15.4. The molecule has 0 unspecified atom stereocenters. The molecule has 0 bridgehead atoms. The molecular formula is C22H21N3O. The van der Waals surface area contributed by atoms with Gasteiger partial charge in [-0.1, -0.05) is 42.5 Å². The molecule has 26 heavy (non-hydrogen) atoms. The van der Waals surface area contributed by atoms with Crippen LogP contribution in [0.1, 0.15) is 18.4 Å². The second-order valence-corrected chi connectivity index (χ2v) is 7.09. The van der Waals surface area contributed by atoms with Crippen LogP contribution in [0.25, 0.3) is 22.1 Å². The number of furan rings is 1. The maximum atomic E-state index is 6.09. The van der Waals surface area contributed by atoms with Gasteiger partial charge in [-0.3, -0.25) is 0 Å². The van der Waals surface area contributed by atoms with Gasteiger partial charge in [0.05, 0.1) is 0 Å². The highest BCUT2D eigenvalue weighted by atomic mass is 16.3. The van der Waals surface area contributed by atoms with Crippen molar-refractivity contribution in [3.63, 3.8) is 0 Å². The number of nitrogens with zero attached hydrogens (tertiary/aromatic N) is 3. The molecule has 1 aliphatic rings. The van der Waals surface area contributed by atoms with E-state index in [1.54, 1.807) is 6.33 Å². The quantitative estimate of drug-likeness (QED) is 0.534. The monoisotopic (exact) mass is 343 g/mol. The maximum Gasteiger partial charge on any atom is 0.196 e. The molecule has 0 N–H and O–H groups in total. The molecule has 1 fully saturated rings. The van der Waals surface area contributed by atoms with Crippen molar-refractivity contribution in [2.24, 2.45) is 5.92 Å². The summed E-state index contributed by atoms with van der Waals surface area (Å²) in [4.78, 5) is 11.4. The largest absolute Gasteiger partial charge is 0.450 e. The van der Waals surface area contributed by atoms with E-state index >= 15 is 0 Å². The standard InChI is InChI=1S/C22H21N3O/c1-2-6-16(7-3-1)14-17-10-12-25(13-11-17)22-21-20(23-15-24-22)18-8-4-5-9-19(18)26-21/h1-9,15,17H,10-14H2. The van der Waals surface area contributed by atoms with Gasteiger partial charge in [0.2, 0.25) is 0 Å². The van der Waals surface area contributed by atoms with Crippen molar-refractivity contribution < 1.29 is 4.42 Å². The van der Waals surface area contributed by atoms with Gasteiger partial charge in [-0.05, 0) is 42.9 Å². The molecule has 0 atom stereocenters. The molecule has 130 valence electrons. The van der Waals surface area contributed by atoms with Gasteiger partial charge in [0.1, 0.15) is 17.4 Å². The Balaban J connectivity index is 1.38. The van der Waals surface area contributed by atoms with E-state index in [0.717, 1.165) is 46.9 Å². The summed E-state index contributed by atoms with van der Waals surface area (Å²) in [5.74, 6) is 1.67. The predicted molar refractivity (Wildman–Crippen MR) is 104 cm³/mol. The van der Waals surface area contributed by atoms with Gasteiger partial charge in [0, 0.05) is 18.5 Å². The lowest BCUT2D eigenvalue weighted by atomic mass is 9.90. The van der Waals surface area contributed by atoms with Crippen LogP contribution >= 0.6 is 0 Å². The molecule has 2 aromatic carbocycles. The Morgan fingerprint density at radius 3 is 2.54 bits per heavy atom. The Morgan fingerprint density at radius 1 is 0.923 bits per heavy atom. The van der Waals surface area contributed by atoms with E-state index in [0.29, 0.717) is 0 Å². The molecule has 0 radical (unpaired) electrons. The Kier molecular flexibility index (Phi) is 3.81. The lowest BCUT2D eigenvalue weighted by Crippen LogP contribution is -2.35. The molecule has 0 aliphatic carbocycles. The van der Waals surface area contributed by atoms with E-state index in [1.165, 1.54) is 24.8 Å². The zero-order chi connectivity index (χ0) is 17.3. The Labute approximate surface area is 152 Å². The fourth-order valence-corrected chi connectivity index (χ4v) is 4.03. The van der Waals surface area contributed by atoms with Crippen LogP contribution in [0.2, 0.25) is 0 Å². The first-order valence-corrected chi connectivity index (χ1v) is 9.29. The van der Waals surface area contributed by atoms with Crippen LogP contribution in [-0.2, 0) is 6.42 Å². The SMILES string of the molecule is c1ccc(CC2CCN(c3ncnc4c3oc3ccccc34)CC2)cc1. The van der Waals surface area contributed by atoms with Crippen molar-refractivity contribution in [2.75, 3.05) is 18.0 Å². The van der Waals surface area contributed by atoms with Crippen LogP contribution in [0.4, 0.5) is 5.82 Å². The van der Waals surface area contributed by atoms with E-state index in [4.69, 9.17) is 4.42 Å². The summed E-state index contributed by atoms with van der Waals surface area (Å²) < 4.78 is 6.09. The van der Waals surface area contributed by atoms with Gasteiger partial charge in [-0.2, -0.15) is 0 Å². The molecule has 0 spiro atoms. The summed E-state index contributed by atoms with van der Waals surface area (Å²) in [5.41, 5.74) is 4.04. The minimum atomic E-state index is 0.738. The number of rotatable bonds is 3. The van der Waals surface area contributed by atoms with Gasteiger partial charge < -0.3 is 9.32 Å². The number of piperidine rings is 1. The average molecular weight is 343 g/mol. The molecule has 1 saturated heterocycles. The number of benzene rings is 2. The molecule has 4 nitrogen and oxygen atoms in total. The van der Waals surface area contributed by atoms with Gasteiger partial charge >= 0.3 is 0 Å². The lowest BCUT2D eigenvalue weighted by molar-refractivity contribution is 0.402. The number of hydrogen-bond donors (Lipinski definition) is 0. The molecule has 1 aliphatic heterocycles. The van der Waals surface area contributed by atoms with Crippen molar-refractivity contribution in [3.05, 3.63) is 66.5 Å². The molecule has 5 rings (SSSR count). The van der Waals surface area contributed by atoms with E-state index in [-0.39, 0.29) is 0 Å². The summed E-state index contributed by atoms with van der Waals surface area (Å²) in [5, 5.41) is 1.06. The van der Waals surface area contributed by atoms with Crippen molar-refractivity contribution in [1.82, 2.24) is 9.97 Å². The number of hydrogen-bond acceptors (Lipinski definition) is 4. The highest BCUT2D eigenvalue weighted by Gasteiger charge is 2.24. The summed E-state index contributed by atoms with van der Waals surface area (Å²) in [7, 11) is 0. The topological polar surface area (TPSA) is 42.2 Å². The zero-order valence-corrected chi connectivity index (χ0v) is 14.6. The molecular weight excluding hydrogens is 322 g/mol. The molecule has 0 saturated carbocycles. The molecule has 0 amide bonds. The molecule has 4 heteroatoms. The van der Waals surface area contributed by atoms with Crippen molar-refractivity contribution in [3.8, 4) is 0 Å². The maximum absolute atomic E-state index is 6.09. The van der Waals surface area contributed by atoms with Crippen LogP contribution in [0.3, 0.4) is 0 Å². The van der Waals surface area contributed by atoms with Gasteiger partial charge in [-0.25, -0.2) is 9.97 Å². The normalized spacial score (nSPS) is 15.8. The minimum absolute atomic E-state index is 0.738. The third-order valence-corrected chi connectivity index (χ3v) is 5.42. The van der Waals surface area contributed by atoms with E-state index < -0.39 is 0 Å². The average Bonchev–Trinajstić information content (AvgIpc) is 3.08. The van der Waals surface area contributed by atoms with Crippen LogP contribution < -0.4 is 4.90 Å². The molecule has 3 heterocycles. The Morgan fingerprint density at radius 2 is 1.69 bits per heavy atom. The second-order valence-electron chi connectivity index (χ2n) is 7.09. The van der Waals surface area contributed by atoms with Crippen LogP contribution in [0, 0.1) is 5.92 Å². The lowest BCUT2D eigenvalue weighted by Gasteiger charge is -2.32. The van der Waals surface area contributed by atoms with Crippen molar-refractivity contribution in [1.29, 1.82) is 0 Å². The Hall–Kier alpha value is -2.88. The van der Waals surface area contributed by atoms with E-state index in [1.807, 2.05) is 18.2 Å². The third-order valence-electron chi connectivity index (χ3n) is 5.42. The van der Waals surface area contributed by atoms with Gasteiger partial charge in [0.15, 0.2) is 11.4 Å². The molecule has 2 aromatic heterocycles. The number of anilines is 1. The number of aromatic nitrogens is 2. The third kappa shape index (κ3) is 2.71. The number of para-hydroxylation sites is 1. The van der Waals surface area contributed by atoms with E-state index in [9.17, 15) is 0 Å². The fraction of sp³-hybridized carbons (Fsp3) is 0.273. The minimum Gasteiger partial charge on any atom is -0.450 e. The first-order chi connectivity index (χ1) is 12.9. The highest BCUT2D eigenvalue weighted by Crippen LogP contribution is 2.34. The summed E-state index contributed by atoms with van der Waals surface area (Å²) in [6, 6.07) is 18.9. The Bertz CT molecular complexity index is 1030. The summed E-state index contributed by atoms with van der Waals surface area (Å²) in [6.45, 7) is 2.03. The van der Waals surface area contributed by atoms with Gasteiger partial charge in [-0.15, -0.1) is 0 Å². The van der Waals surface area contributed by atoms with Crippen LogP contribution in [-0.4, -0.2) is 23.1 Å². The number of fused-ring (bicyclic) bond motifs is 3. The van der Waals surface area contributed by atoms with Gasteiger partial charge in [0.25, 0.3) is 0 Å². The molecule has 4 aromatic rings. The van der Waals surface area contributed by atoms with Crippen molar-refractivity contribution in [2.45, 2.75) is 19.3 Å². The highest BCUT2D eigenvalue weighted by molar-refractivity contribution is 6.05. The van der Waals surface area contributed by atoms with Crippen LogP contribution in [0.5, 0.6) is 0 Å². The van der Waals surface area contributed by atoms with Crippen molar-refractivity contribution >= 4 is 27.9 Å². The zero-order valence-electron chi connectivity index (χ0n) is 14.6.